The smallest absolute Gasteiger partial charge is 0.164 e. The molecular weight excluding hydrogens is 526 g/mol. The van der Waals surface area contributed by atoms with Crippen LogP contribution in [0.5, 0.6) is 0 Å². The topological polar surface area (TPSA) is 56.0 Å². The van der Waals surface area contributed by atoms with Gasteiger partial charge in [-0.25, -0.2) is 15.0 Å². The van der Waals surface area contributed by atoms with E-state index < -0.39 is 0 Å². The molecule has 5 heteroatoms. The van der Waals surface area contributed by atoms with Crippen LogP contribution in [0.1, 0.15) is 0 Å². The first-order valence-corrected chi connectivity index (χ1v) is 14.3. The minimum Gasteiger partial charge on any atom is -0.308 e. The molecule has 0 aliphatic carbocycles. The average Bonchev–Trinajstić information content (AvgIpc) is 3.60. The van der Waals surface area contributed by atoms with Crippen LogP contribution in [0, 0.1) is 0 Å². The highest BCUT2D eigenvalue weighted by Crippen LogP contribution is 2.42. The Morgan fingerprint density at radius 2 is 0.977 bits per heavy atom. The number of rotatable bonds is 4. The van der Waals surface area contributed by atoms with Gasteiger partial charge in [-0.1, -0.05) is 97.1 Å². The van der Waals surface area contributed by atoms with E-state index in [1.54, 1.807) is 0 Å². The molecule has 0 spiro atoms. The third-order valence-electron chi connectivity index (χ3n) is 8.22. The number of para-hydroxylation sites is 1. The Hall–Kier alpha value is -5.94. The molecule has 0 aliphatic rings. The summed E-state index contributed by atoms with van der Waals surface area (Å²) in [5.41, 5.74) is 8.46. The van der Waals surface area contributed by atoms with Gasteiger partial charge in [-0.05, 0) is 36.4 Å². The van der Waals surface area contributed by atoms with Gasteiger partial charge in [-0.2, -0.15) is 0 Å². The summed E-state index contributed by atoms with van der Waals surface area (Å²) < 4.78 is 2.39. The Bertz CT molecular complexity index is 2370. The number of pyridine rings is 1. The molecule has 43 heavy (non-hydrogen) atoms. The summed E-state index contributed by atoms with van der Waals surface area (Å²) in [6, 6.07) is 46.0. The highest BCUT2D eigenvalue weighted by molar-refractivity contribution is 6.24. The number of hydrogen-bond donors (Lipinski definition) is 0. The average molecular weight is 550 g/mol. The fourth-order valence-corrected chi connectivity index (χ4v) is 6.26. The maximum Gasteiger partial charge on any atom is 0.164 e. The molecule has 0 N–H and O–H groups in total. The van der Waals surface area contributed by atoms with Crippen molar-refractivity contribution in [1.29, 1.82) is 0 Å². The summed E-state index contributed by atoms with van der Waals surface area (Å²) in [5, 5.41) is 4.85. The zero-order chi connectivity index (χ0) is 28.3. The molecule has 0 unspecified atom stereocenters. The monoisotopic (exact) mass is 549 g/mol. The van der Waals surface area contributed by atoms with Crippen molar-refractivity contribution in [3.05, 3.63) is 140 Å². The van der Waals surface area contributed by atoms with Crippen molar-refractivity contribution < 1.29 is 0 Å². The van der Waals surface area contributed by atoms with Crippen molar-refractivity contribution in [1.82, 2.24) is 24.3 Å². The van der Waals surface area contributed by atoms with Crippen LogP contribution < -0.4 is 0 Å². The standard InChI is InChI=1S/C38H23N5/c1-3-11-24(12-4-1)36-40-37(25-13-5-2-6-14-25)42-38(41-36)26-18-19-29-31-22-27(32-16-9-10-20-39-32)21-30-28-15-7-8-17-33(28)43(35(30)31)34(29)23-26/h1-23H. The molecule has 0 radical (unpaired) electrons. The molecule has 0 atom stereocenters. The van der Waals surface area contributed by atoms with Gasteiger partial charge in [-0.3, -0.25) is 4.98 Å². The van der Waals surface area contributed by atoms with Gasteiger partial charge in [0, 0.05) is 50.0 Å². The molecule has 4 aromatic heterocycles. The van der Waals surface area contributed by atoms with E-state index in [4.69, 9.17) is 15.0 Å². The summed E-state index contributed by atoms with van der Waals surface area (Å²) >= 11 is 0. The number of nitrogens with zero attached hydrogens (tertiary/aromatic N) is 5. The molecule has 0 saturated heterocycles. The Morgan fingerprint density at radius 3 is 1.63 bits per heavy atom. The second kappa shape index (κ2) is 9.29. The van der Waals surface area contributed by atoms with E-state index in [1.807, 2.05) is 79.0 Å². The maximum atomic E-state index is 4.99. The fourth-order valence-electron chi connectivity index (χ4n) is 6.26. The summed E-state index contributed by atoms with van der Waals surface area (Å²) in [6.07, 6.45) is 1.85. The molecule has 0 bridgehead atoms. The minimum atomic E-state index is 0.647. The number of hydrogen-bond acceptors (Lipinski definition) is 4. The lowest BCUT2D eigenvalue weighted by atomic mass is 10.0. The van der Waals surface area contributed by atoms with Crippen LogP contribution >= 0.6 is 0 Å². The zero-order valence-corrected chi connectivity index (χ0v) is 23.0. The zero-order valence-electron chi connectivity index (χ0n) is 23.0. The molecule has 0 saturated carbocycles. The van der Waals surface area contributed by atoms with Crippen molar-refractivity contribution in [3.63, 3.8) is 0 Å². The van der Waals surface area contributed by atoms with E-state index in [0.29, 0.717) is 17.5 Å². The Labute approximate surface area is 247 Å². The van der Waals surface area contributed by atoms with Crippen LogP contribution in [-0.2, 0) is 0 Å². The summed E-state index contributed by atoms with van der Waals surface area (Å²) in [6.45, 7) is 0. The van der Waals surface area contributed by atoms with Crippen LogP contribution in [0.25, 0.3) is 83.5 Å². The van der Waals surface area contributed by atoms with Crippen molar-refractivity contribution in [2.24, 2.45) is 0 Å². The molecule has 9 aromatic rings. The lowest BCUT2D eigenvalue weighted by molar-refractivity contribution is 1.07. The van der Waals surface area contributed by atoms with E-state index >= 15 is 0 Å². The highest BCUT2D eigenvalue weighted by Gasteiger charge is 2.20. The summed E-state index contributed by atoms with van der Waals surface area (Å²) in [5.74, 6) is 1.96. The normalized spacial score (nSPS) is 11.7. The molecule has 200 valence electrons. The Balaban J connectivity index is 1.32. The van der Waals surface area contributed by atoms with Crippen molar-refractivity contribution in [2.75, 3.05) is 0 Å². The first-order chi connectivity index (χ1) is 21.3. The van der Waals surface area contributed by atoms with Crippen LogP contribution in [0.4, 0.5) is 0 Å². The van der Waals surface area contributed by atoms with E-state index in [0.717, 1.165) is 33.5 Å². The number of aromatic nitrogens is 5. The van der Waals surface area contributed by atoms with Gasteiger partial charge in [0.15, 0.2) is 17.5 Å². The molecule has 9 rings (SSSR count). The lowest BCUT2D eigenvalue weighted by Gasteiger charge is -2.09. The largest absolute Gasteiger partial charge is 0.308 e. The molecule has 0 amide bonds. The number of benzene rings is 5. The van der Waals surface area contributed by atoms with Gasteiger partial charge in [0.2, 0.25) is 0 Å². The molecule has 4 heterocycles. The SMILES string of the molecule is c1ccc(-c2nc(-c3ccccc3)nc(-c3ccc4c5cc(-c6ccccn6)cc6c7ccccc7n(c4c3)c65)n2)cc1. The molecule has 0 aliphatic heterocycles. The van der Waals surface area contributed by atoms with Crippen molar-refractivity contribution in [2.45, 2.75) is 0 Å². The minimum absolute atomic E-state index is 0.647. The highest BCUT2D eigenvalue weighted by atomic mass is 15.0. The third kappa shape index (κ3) is 3.72. The van der Waals surface area contributed by atoms with Crippen LogP contribution in [0.15, 0.2) is 140 Å². The van der Waals surface area contributed by atoms with Gasteiger partial charge in [0.25, 0.3) is 0 Å². The second-order valence-electron chi connectivity index (χ2n) is 10.8. The van der Waals surface area contributed by atoms with E-state index in [1.165, 1.54) is 32.6 Å². The molecule has 5 aromatic carbocycles. The predicted molar refractivity (Wildman–Crippen MR) is 174 cm³/mol. The van der Waals surface area contributed by atoms with E-state index in [-0.39, 0.29) is 0 Å². The van der Waals surface area contributed by atoms with Gasteiger partial charge in [0.05, 0.1) is 22.2 Å². The fraction of sp³-hybridized carbons (Fsp3) is 0. The molecule has 5 nitrogen and oxygen atoms in total. The van der Waals surface area contributed by atoms with Crippen LogP contribution in [0.2, 0.25) is 0 Å². The first kappa shape index (κ1) is 23.7. The van der Waals surface area contributed by atoms with Gasteiger partial charge >= 0.3 is 0 Å². The molecule has 0 fully saturated rings. The number of fused-ring (bicyclic) bond motifs is 6. The van der Waals surface area contributed by atoms with Gasteiger partial charge < -0.3 is 4.40 Å². The van der Waals surface area contributed by atoms with E-state index in [2.05, 4.69) is 70.0 Å². The van der Waals surface area contributed by atoms with Crippen LogP contribution in [0.3, 0.4) is 0 Å². The Morgan fingerprint density at radius 1 is 0.395 bits per heavy atom. The maximum absolute atomic E-state index is 4.99. The first-order valence-electron chi connectivity index (χ1n) is 14.3. The molecular formula is C38H23N5. The summed E-state index contributed by atoms with van der Waals surface area (Å²) in [7, 11) is 0. The van der Waals surface area contributed by atoms with Crippen molar-refractivity contribution >= 4 is 38.1 Å². The summed E-state index contributed by atoms with van der Waals surface area (Å²) in [4.78, 5) is 19.5. The third-order valence-corrected chi connectivity index (χ3v) is 8.22. The lowest BCUT2D eigenvalue weighted by Crippen LogP contribution is -2.00. The van der Waals surface area contributed by atoms with Gasteiger partial charge in [0.1, 0.15) is 0 Å². The van der Waals surface area contributed by atoms with Crippen LogP contribution in [-0.4, -0.2) is 24.3 Å². The Kier molecular flexibility index (Phi) is 5.13. The van der Waals surface area contributed by atoms with Crippen molar-refractivity contribution in [3.8, 4) is 45.4 Å². The predicted octanol–water partition coefficient (Wildman–Crippen LogP) is 9.08. The second-order valence-corrected chi connectivity index (χ2v) is 10.8. The van der Waals surface area contributed by atoms with Gasteiger partial charge in [-0.15, -0.1) is 0 Å². The quantitative estimate of drug-likeness (QED) is 0.220. The van der Waals surface area contributed by atoms with E-state index in [9.17, 15) is 0 Å².